The Morgan fingerprint density at radius 2 is 1.96 bits per heavy atom. The van der Waals surface area contributed by atoms with E-state index in [1.165, 1.54) is 17.3 Å². The van der Waals surface area contributed by atoms with Crippen molar-refractivity contribution in [2.75, 3.05) is 18.0 Å². The Morgan fingerprint density at radius 3 is 2.67 bits per heavy atom. The summed E-state index contributed by atoms with van der Waals surface area (Å²) in [6.45, 7) is 6.91. The monoisotopic (exact) mass is 387 g/mol. The maximum absolute atomic E-state index is 12.6. The summed E-state index contributed by atoms with van der Waals surface area (Å²) in [5.41, 5.74) is 4.12. The Bertz CT molecular complexity index is 986. The molecule has 0 bridgehead atoms. The van der Waals surface area contributed by atoms with Gasteiger partial charge in [0.05, 0.1) is 4.90 Å². The van der Waals surface area contributed by atoms with Crippen LogP contribution in [0.4, 0.5) is 5.69 Å². The molecule has 0 radical (unpaired) electrons. The Labute approximate surface area is 160 Å². The van der Waals surface area contributed by atoms with Crippen molar-refractivity contribution in [1.82, 2.24) is 5.32 Å². The number of anilines is 1. The van der Waals surface area contributed by atoms with Gasteiger partial charge in [0, 0.05) is 30.4 Å². The zero-order valence-corrected chi connectivity index (χ0v) is 16.6. The summed E-state index contributed by atoms with van der Waals surface area (Å²) in [5.74, 6) is -0.303. The maximum atomic E-state index is 12.6. The number of nitrogens with zero attached hydrogens (tertiary/aromatic N) is 1. The Kier molecular flexibility index (Phi) is 5.26. The molecule has 0 fully saturated rings. The fourth-order valence-corrected chi connectivity index (χ4v) is 4.41. The van der Waals surface area contributed by atoms with Crippen LogP contribution in [0.1, 0.15) is 34.0 Å². The first-order valence-electron chi connectivity index (χ1n) is 8.95. The van der Waals surface area contributed by atoms with E-state index in [0.29, 0.717) is 23.2 Å². The lowest BCUT2D eigenvalue weighted by Gasteiger charge is -2.27. The number of nitrogens with two attached hydrogens (primary N) is 1. The van der Waals surface area contributed by atoms with Crippen LogP contribution >= 0.6 is 0 Å². The number of amides is 1. The molecule has 1 aliphatic heterocycles. The number of rotatable bonds is 5. The minimum atomic E-state index is -3.88. The van der Waals surface area contributed by atoms with Crippen LogP contribution < -0.4 is 15.4 Å². The summed E-state index contributed by atoms with van der Waals surface area (Å²) in [7, 11) is -3.88. The standard InChI is InChI=1S/C20H25N3O3S/c1-13-10-17(11-19(15(13)3)27(21,25)26)20(24)22-12-14(2)23-9-8-16-6-4-5-7-18(16)23/h4-7,10-11,14H,8-9,12H2,1-3H3,(H,22,24)(H2,21,25,26)/t14-/m0/s1. The second kappa shape index (κ2) is 7.32. The molecule has 144 valence electrons. The minimum Gasteiger partial charge on any atom is -0.366 e. The average Bonchev–Trinajstić information content (AvgIpc) is 3.04. The van der Waals surface area contributed by atoms with E-state index in [2.05, 4.69) is 29.3 Å². The first-order valence-corrected chi connectivity index (χ1v) is 10.5. The van der Waals surface area contributed by atoms with Gasteiger partial charge in [-0.15, -0.1) is 0 Å². The first-order chi connectivity index (χ1) is 12.7. The molecule has 0 aromatic heterocycles. The molecule has 0 spiro atoms. The molecule has 1 amide bonds. The van der Waals surface area contributed by atoms with Gasteiger partial charge in [0.25, 0.3) is 5.91 Å². The van der Waals surface area contributed by atoms with Crippen LogP contribution in [0.3, 0.4) is 0 Å². The molecule has 6 nitrogen and oxygen atoms in total. The smallest absolute Gasteiger partial charge is 0.251 e. The lowest BCUT2D eigenvalue weighted by atomic mass is 10.1. The Balaban J connectivity index is 1.73. The van der Waals surface area contributed by atoms with Gasteiger partial charge in [-0.1, -0.05) is 18.2 Å². The van der Waals surface area contributed by atoms with Crippen LogP contribution in [-0.2, 0) is 16.4 Å². The number of sulfonamides is 1. The van der Waals surface area contributed by atoms with Gasteiger partial charge in [-0.25, -0.2) is 13.6 Å². The second-order valence-corrected chi connectivity index (χ2v) is 8.62. The molecule has 0 unspecified atom stereocenters. The normalized spacial score (nSPS) is 14.7. The van der Waals surface area contributed by atoms with Crippen molar-refractivity contribution in [2.24, 2.45) is 5.14 Å². The highest BCUT2D eigenvalue weighted by molar-refractivity contribution is 7.89. The highest BCUT2D eigenvalue weighted by Gasteiger charge is 2.23. The van der Waals surface area contributed by atoms with E-state index in [1.54, 1.807) is 19.9 Å². The van der Waals surface area contributed by atoms with E-state index >= 15 is 0 Å². The van der Waals surface area contributed by atoms with Crippen LogP contribution in [0.15, 0.2) is 41.3 Å². The molecular formula is C20H25N3O3S. The zero-order chi connectivity index (χ0) is 19.8. The van der Waals surface area contributed by atoms with Gasteiger partial charge < -0.3 is 10.2 Å². The van der Waals surface area contributed by atoms with Gasteiger partial charge in [0.15, 0.2) is 0 Å². The molecule has 0 saturated carbocycles. The van der Waals surface area contributed by atoms with Crippen molar-refractivity contribution in [1.29, 1.82) is 0 Å². The molecule has 27 heavy (non-hydrogen) atoms. The fraction of sp³-hybridized carbons (Fsp3) is 0.350. The van der Waals surface area contributed by atoms with Gasteiger partial charge in [0.2, 0.25) is 10.0 Å². The topological polar surface area (TPSA) is 92.5 Å². The van der Waals surface area contributed by atoms with Gasteiger partial charge >= 0.3 is 0 Å². The van der Waals surface area contributed by atoms with E-state index in [-0.39, 0.29) is 16.8 Å². The van der Waals surface area contributed by atoms with Crippen molar-refractivity contribution in [3.05, 3.63) is 58.7 Å². The lowest BCUT2D eigenvalue weighted by Crippen LogP contribution is -2.41. The molecular weight excluding hydrogens is 362 g/mol. The zero-order valence-electron chi connectivity index (χ0n) is 15.8. The largest absolute Gasteiger partial charge is 0.366 e. The van der Waals surface area contributed by atoms with Gasteiger partial charge in [0.1, 0.15) is 0 Å². The summed E-state index contributed by atoms with van der Waals surface area (Å²) in [6, 6.07) is 11.5. The van der Waals surface area contributed by atoms with Crippen molar-refractivity contribution in [2.45, 2.75) is 38.1 Å². The van der Waals surface area contributed by atoms with Crippen molar-refractivity contribution >= 4 is 21.6 Å². The molecule has 2 aromatic rings. The van der Waals surface area contributed by atoms with Gasteiger partial charge in [-0.05, 0) is 62.1 Å². The van der Waals surface area contributed by atoms with Crippen LogP contribution in [0.5, 0.6) is 0 Å². The molecule has 1 aliphatic rings. The van der Waals surface area contributed by atoms with Crippen molar-refractivity contribution in [3.8, 4) is 0 Å². The van der Waals surface area contributed by atoms with Crippen LogP contribution in [0, 0.1) is 13.8 Å². The van der Waals surface area contributed by atoms with Crippen LogP contribution in [0.2, 0.25) is 0 Å². The molecule has 7 heteroatoms. The lowest BCUT2D eigenvalue weighted by molar-refractivity contribution is 0.0951. The SMILES string of the molecule is Cc1cc(C(=O)NC[C@H](C)N2CCc3ccccc32)cc(S(N)(=O)=O)c1C. The molecule has 3 rings (SSSR count). The second-order valence-electron chi connectivity index (χ2n) is 7.09. The third kappa shape index (κ3) is 3.99. The minimum absolute atomic E-state index is 0.00540. The molecule has 0 aliphatic carbocycles. The maximum Gasteiger partial charge on any atom is 0.251 e. The number of para-hydroxylation sites is 1. The highest BCUT2D eigenvalue weighted by Crippen LogP contribution is 2.29. The summed E-state index contributed by atoms with van der Waals surface area (Å²) in [6.07, 6.45) is 1.00. The number of hydrogen-bond acceptors (Lipinski definition) is 4. The number of nitrogens with one attached hydrogen (secondary N) is 1. The number of carbonyl (C=O) groups is 1. The summed E-state index contributed by atoms with van der Waals surface area (Å²) in [5, 5.41) is 8.20. The van der Waals surface area contributed by atoms with E-state index in [4.69, 9.17) is 5.14 Å². The van der Waals surface area contributed by atoms with Gasteiger partial charge in [-0.3, -0.25) is 4.79 Å². The summed E-state index contributed by atoms with van der Waals surface area (Å²) >= 11 is 0. The number of primary sulfonamides is 1. The van der Waals surface area contributed by atoms with Crippen molar-refractivity contribution in [3.63, 3.8) is 0 Å². The van der Waals surface area contributed by atoms with Crippen molar-refractivity contribution < 1.29 is 13.2 Å². The molecule has 1 heterocycles. The summed E-state index contributed by atoms with van der Waals surface area (Å²) in [4.78, 5) is 14.9. The number of benzene rings is 2. The first kappa shape index (κ1) is 19.4. The molecule has 0 saturated heterocycles. The Hall–Kier alpha value is -2.38. The quantitative estimate of drug-likeness (QED) is 0.822. The third-order valence-corrected chi connectivity index (χ3v) is 6.24. The number of hydrogen-bond donors (Lipinski definition) is 2. The number of fused-ring (bicyclic) bond motifs is 1. The predicted molar refractivity (Wildman–Crippen MR) is 107 cm³/mol. The highest BCUT2D eigenvalue weighted by atomic mass is 32.2. The average molecular weight is 388 g/mol. The summed E-state index contributed by atoms with van der Waals surface area (Å²) < 4.78 is 23.6. The van der Waals surface area contributed by atoms with E-state index in [9.17, 15) is 13.2 Å². The molecule has 1 atom stereocenters. The van der Waals surface area contributed by atoms with E-state index in [1.807, 2.05) is 12.1 Å². The molecule has 2 aromatic carbocycles. The van der Waals surface area contributed by atoms with Crippen LogP contribution in [0.25, 0.3) is 0 Å². The number of carbonyl (C=O) groups excluding carboxylic acids is 1. The Morgan fingerprint density at radius 1 is 1.26 bits per heavy atom. The van der Waals surface area contributed by atoms with E-state index < -0.39 is 10.0 Å². The molecule has 3 N–H and O–H groups in total. The van der Waals surface area contributed by atoms with Gasteiger partial charge in [-0.2, -0.15) is 0 Å². The fourth-order valence-electron chi connectivity index (χ4n) is 3.53. The third-order valence-electron chi connectivity index (χ3n) is 5.20. The number of aryl methyl sites for hydroxylation is 1. The van der Waals surface area contributed by atoms with E-state index in [0.717, 1.165) is 13.0 Å². The predicted octanol–water partition coefficient (Wildman–Crippen LogP) is 2.13. The van der Waals surface area contributed by atoms with Crippen LogP contribution in [-0.4, -0.2) is 33.5 Å².